The summed E-state index contributed by atoms with van der Waals surface area (Å²) in [5, 5.41) is 6.69. The Bertz CT molecular complexity index is 457. The third-order valence-electron chi connectivity index (χ3n) is 2.13. The second-order valence-electron chi connectivity index (χ2n) is 3.23. The molecule has 1 aromatic heterocycles. The van der Waals surface area contributed by atoms with Crippen LogP contribution in [0.25, 0.3) is 0 Å². The van der Waals surface area contributed by atoms with Crippen LogP contribution in [0, 0.1) is 5.82 Å². The van der Waals surface area contributed by atoms with Crippen molar-refractivity contribution in [3.8, 4) is 5.75 Å². The molecule has 0 unspecified atom stereocenters. The maximum atomic E-state index is 12.9. The van der Waals surface area contributed by atoms with E-state index in [1.54, 1.807) is 18.5 Å². The van der Waals surface area contributed by atoms with Gasteiger partial charge < -0.3 is 14.6 Å². The maximum Gasteiger partial charge on any atom is 0.144 e. The summed E-state index contributed by atoms with van der Waals surface area (Å²) in [6.07, 6.45) is 3.16. The lowest BCUT2D eigenvalue weighted by molar-refractivity contribution is 0.413. The van der Waals surface area contributed by atoms with Gasteiger partial charge in [0.2, 0.25) is 0 Å². The molecule has 1 N–H and O–H groups in total. The number of rotatable bonds is 4. The average Bonchev–Trinajstić information content (AvgIpc) is 2.80. The van der Waals surface area contributed by atoms with Crippen molar-refractivity contribution in [2.24, 2.45) is 0 Å². The van der Waals surface area contributed by atoms with Crippen molar-refractivity contribution in [3.05, 3.63) is 42.0 Å². The van der Waals surface area contributed by atoms with E-state index >= 15 is 0 Å². The Morgan fingerprint density at radius 3 is 3.06 bits per heavy atom. The fraction of sp³-hybridized carbons (Fsp3) is 0.182. The standard InChI is InChI=1S/C11H11FN2O2/c1-15-11-4-9(12)2-3-10(11)13-5-8-6-14-16-7-8/h2-4,6-7,13H,5H2,1H3. The lowest BCUT2D eigenvalue weighted by Gasteiger charge is -2.09. The Labute approximate surface area is 92.0 Å². The molecule has 0 fully saturated rings. The Morgan fingerprint density at radius 1 is 1.50 bits per heavy atom. The van der Waals surface area contributed by atoms with E-state index in [1.165, 1.54) is 19.2 Å². The second-order valence-corrected chi connectivity index (χ2v) is 3.23. The van der Waals surface area contributed by atoms with Crippen LogP contribution in [0.4, 0.5) is 10.1 Å². The first-order valence-electron chi connectivity index (χ1n) is 4.75. The van der Waals surface area contributed by atoms with E-state index in [2.05, 4.69) is 10.5 Å². The van der Waals surface area contributed by atoms with Gasteiger partial charge in [-0.15, -0.1) is 0 Å². The molecule has 0 amide bonds. The van der Waals surface area contributed by atoms with Gasteiger partial charge in [0.05, 0.1) is 19.0 Å². The van der Waals surface area contributed by atoms with E-state index in [1.807, 2.05) is 0 Å². The zero-order chi connectivity index (χ0) is 11.4. The van der Waals surface area contributed by atoms with Crippen LogP contribution in [0.2, 0.25) is 0 Å². The lowest BCUT2D eigenvalue weighted by atomic mass is 10.2. The topological polar surface area (TPSA) is 47.3 Å². The molecule has 0 radical (unpaired) electrons. The van der Waals surface area contributed by atoms with Crippen LogP contribution in [0.3, 0.4) is 0 Å². The average molecular weight is 222 g/mol. The molecule has 0 spiro atoms. The molecule has 1 heterocycles. The number of anilines is 1. The van der Waals surface area contributed by atoms with Gasteiger partial charge in [-0.25, -0.2) is 4.39 Å². The quantitative estimate of drug-likeness (QED) is 0.863. The Hall–Kier alpha value is -2.04. The number of aromatic nitrogens is 1. The molecule has 0 aliphatic heterocycles. The van der Waals surface area contributed by atoms with Gasteiger partial charge in [0, 0.05) is 18.2 Å². The van der Waals surface area contributed by atoms with E-state index in [-0.39, 0.29) is 5.82 Å². The van der Waals surface area contributed by atoms with Crippen LogP contribution in [0.15, 0.2) is 35.2 Å². The molecule has 4 nitrogen and oxygen atoms in total. The first kappa shape index (κ1) is 10.5. The van der Waals surface area contributed by atoms with Crippen LogP contribution in [0.5, 0.6) is 5.75 Å². The van der Waals surface area contributed by atoms with Crippen molar-refractivity contribution >= 4 is 5.69 Å². The van der Waals surface area contributed by atoms with Crippen molar-refractivity contribution in [1.29, 1.82) is 0 Å². The summed E-state index contributed by atoms with van der Waals surface area (Å²) in [6, 6.07) is 4.33. The smallest absolute Gasteiger partial charge is 0.144 e. The second kappa shape index (κ2) is 4.65. The van der Waals surface area contributed by atoms with Crippen molar-refractivity contribution < 1.29 is 13.7 Å². The third-order valence-corrected chi connectivity index (χ3v) is 2.13. The minimum absolute atomic E-state index is 0.327. The first-order chi connectivity index (χ1) is 7.79. The highest BCUT2D eigenvalue weighted by molar-refractivity contribution is 5.56. The van der Waals surface area contributed by atoms with Crippen LogP contribution in [0.1, 0.15) is 5.56 Å². The number of nitrogens with zero attached hydrogens (tertiary/aromatic N) is 1. The van der Waals surface area contributed by atoms with Crippen molar-refractivity contribution in [2.45, 2.75) is 6.54 Å². The summed E-state index contributed by atoms with van der Waals surface area (Å²) in [7, 11) is 1.50. The first-order valence-corrected chi connectivity index (χ1v) is 4.75. The molecule has 1 aromatic carbocycles. The molecule has 84 valence electrons. The van der Waals surface area contributed by atoms with Gasteiger partial charge in [-0.1, -0.05) is 5.16 Å². The molecule has 5 heteroatoms. The van der Waals surface area contributed by atoms with Crippen molar-refractivity contribution in [3.63, 3.8) is 0 Å². The predicted octanol–water partition coefficient (Wildman–Crippen LogP) is 2.43. The van der Waals surface area contributed by atoms with E-state index in [9.17, 15) is 4.39 Å². The highest BCUT2D eigenvalue weighted by atomic mass is 19.1. The lowest BCUT2D eigenvalue weighted by Crippen LogP contribution is -2.00. The fourth-order valence-corrected chi connectivity index (χ4v) is 1.32. The monoisotopic (exact) mass is 222 g/mol. The van der Waals surface area contributed by atoms with Crippen LogP contribution in [-0.4, -0.2) is 12.3 Å². The highest BCUT2D eigenvalue weighted by Gasteiger charge is 2.04. The highest BCUT2D eigenvalue weighted by Crippen LogP contribution is 2.25. The molecule has 0 saturated carbocycles. The molecule has 0 bridgehead atoms. The zero-order valence-corrected chi connectivity index (χ0v) is 8.74. The normalized spacial score (nSPS) is 10.1. The van der Waals surface area contributed by atoms with E-state index < -0.39 is 0 Å². The minimum Gasteiger partial charge on any atom is -0.494 e. The van der Waals surface area contributed by atoms with Gasteiger partial charge in [-0.3, -0.25) is 0 Å². The van der Waals surface area contributed by atoms with Gasteiger partial charge >= 0.3 is 0 Å². The Balaban J connectivity index is 2.09. The van der Waals surface area contributed by atoms with Gasteiger partial charge in [0.1, 0.15) is 17.8 Å². The number of ether oxygens (including phenoxy) is 1. The number of halogens is 1. The SMILES string of the molecule is COc1cc(F)ccc1NCc1cnoc1. The minimum atomic E-state index is -0.327. The van der Waals surface area contributed by atoms with Crippen LogP contribution in [-0.2, 0) is 6.54 Å². The Kier molecular flexibility index (Phi) is 3.05. The van der Waals surface area contributed by atoms with Gasteiger partial charge in [-0.05, 0) is 12.1 Å². The van der Waals surface area contributed by atoms with E-state index in [0.717, 1.165) is 11.3 Å². The van der Waals surface area contributed by atoms with Crippen molar-refractivity contribution in [1.82, 2.24) is 5.16 Å². The molecule has 0 atom stereocenters. The number of benzene rings is 1. The summed E-state index contributed by atoms with van der Waals surface area (Å²) in [5.74, 6) is 0.142. The van der Waals surface area contributed by atoms with Gasteiger partial charge in [0.15, 0.2) is 0 Å². The summed E-state index contributed by atoms with van der Waals surface area (Å²) in [5.41, 5.74) is 1.64. The number of hydrogen-bond acceptors (Lipinski definition) is 4. The zero-order valence-electron chi connectivity index (χ0n) is 8.74. The molecule has 0 aliphatic rings. The largest absolute Gasteiger partial charge is 0.494 e. The van der Waals surface area contributed by atoms with Crippen molar-refractivity contribution in [2.75, 3.05) is 12.4 Å². The fourth-order valence-electron chi connectivity index (χ4n) is 1.32. The molecule has 2 rings (SSSR count). The molecule has 16 heavy (non-hydrogen) atoms. The van der Waals surface area contributed by atoms with Gasteiger partial charge in [-0.2, -0.15) is 0 Å². The summed E-state index contributed by atoms with van der Waals surface area (Å²) in [4.78, 5) is 0. The van der Waals surface area contributed by atoms with E-state index in [4.69, 9.17) is 9.26 Å². The number of hydrogen-bond donors (Lipinski definition) is 1. The number of methoxy groups -OCH3 is 1. The summed E-state index contributed by atoms with van der Waals surface area (Å²) in [6.45, 7) is 0.547. The molecule has 2 aromatic rings. The van der Waals surface area contributed by atoms with Gasteiger partial charge in [0.25, 0.3) is 0 Å². The number of nitrogens with one attached hydrogen (secondary N) is 1. The van der Waals surface area contributed by atoms with Crippen LogP contribution < -0.4 is 10.1 Å². The summed E-state index contributed by atoms with van der Waals surface area (Å²) >= 11 is 0. The molecular weight excluding hydrogens is 211 g/mol. The molecule has 0 aliphatic carbocycles. The third kappa shape index (κ3) is 2.31. The predicted molar refractivity (Wildman–Crippen MR) is 56.8 cm³/mol. The Morgan fingerprint density at radius 2 is 2.38 bits per heavy atom. The van der Waals surface area contributed by atoms with E-state index in [0.29, 0.717) is 12.3 Å². The van der Waals surface area contributed by atoms with Crippen LogP contribution >= 0.6 is 0 Å². The summed E-state index contributed by atoms with van der Waals surface area (Å²) < 4.78 is 22.7. The molecular formula is C11H11FN2O2. The molecule has 0 saturated heterocycles. The maximum absolute atomic E-state index is 12.9.